The van der Waals surface area contributed by atoms with Crippen LogP contribution >= 0.6 is 42.5 Å². The average Bonchev–Trinajstić information content (AvgIpc) is 2.81. The van der Waals surface area contributed by atoms with Crippen LogP contribution in [0.25, 0.3) is 0 Å². The van der Waals surface area contributed by atoms with Crippen LogP contribution in [0.5, 0.6) is 0 Å². The van der Waals surface area contributed by atoms with Gasteiger partial charge < -0.3 is 0 Å². The molecule has 33 heavy (non-hydrogen) atoms. The molecule has 4 nitrogen and oxygen atoms in total. The Kier molecular flexibility index (Phi) is 10.8. The van der Waals surface area contributed by atoms with Crippen molar-refractivity contribution in [3.8, 4) is 0 Å². The van der Waals surface area contributed by atoms with Crippen LogP contribution in [0.1, 0.15) is 0 Å². The van der Waals surface area contributed by atoms with Gasteiger partial charge in [0.1, 0.15) is 0 Å². The molecular formula is C24H19Br2ClO4S2. The summed E-state index contributed by atoms with van der Waals surface area (Å²) >= 11 is 6.58. The van der Waals surface area contributed by atoms with Crippen molar-refractivity contribution in [1.29, 1.82) is 0 Å². The van der Waals surface area contributed by atoms with E-state index < -0.39 is 18.9 Å². The molecule has 4 rings (SSSR count). The van der Waals surface area contributed by atoms with Crippen LogP contribution < -0.4 is 0 Å². The van der Waals surface area contributed by atoms with Crippen molar-refractivity contribution in [3.63, 3.8) is 0 Å². The molecule has 0 heterocycles. The Balaban J connectivity index is 0.000000193. The number of sulfone groups is 1. The van der Waals surface area contributed by atoms with E-state index in [-0.39, 0.29) is 4.90 Å². The van der Waals surface area contributed by atoms with Crippen molar-refractivity contribution in [2.24, 2.45) is 0 Å². The minimum Gasteiger partial charge on any atom is -0.219 e. The topological polar surface area (TPSA) is 68.3 Å². The summed E-state index contributed by atoms with van der Waals surface area (Å²) in [5.74, 6) is 0. The third-order valence-corrected chi connectivity index (χ3v) is 8.15. The van der Waals surface area contributed by atoms with Crippen LogP contribution in [-0.4, -0.2) is 16.8 Å². The van der Waals surface area contributed by atoms with Crippen LogP contribution in [0.15, 0.2) is 139 Å². The lowest BCUT2D eigenvalue weighted by atomic mass is 10.4. The normalized spacial score (nSPS) is 10.8. The highest BCUT2D eigenvalue weighted by Gasteiger charge is 2.16. The van der Waals surface area contributed by atoms with E-state index in [2.05, 4.69) is 31.9 Å². The van der Waals surface area contributed by atoms with Crippen molar-refractivity contribution >= 4 is 61.4 Å². The summed E-state index contributed by atoms with van der Waals surface area (Å²) in [4.78, 5) is 0.760. The van der Waals surface area contributed by atoms with Crippen LogP contribution in [0, 0.1) is 0 Å². The maximum Gasteiger partial charge on any atom is 0.261 e. The van der Waals surface area contributed by atoms with Gasteiger partial charge in [-0.15, -0.1) is 0 Å². The lowest BCUT2D eigenvalue weighted by Crippen LogP contribution is -2.01. The molecule has 4 aromatic carbocycles. The number of benzene rings is 4. The van der Waals surface area contributed by atoms with E-state index in [4.69, 9.17) is 10.7 Å². The van der Waals surface area contributed by atoms with E-state index in [1.165, 1.54) is 12.1 Å². The van der Waals surface area contributed by atoms with Crippen LogP contribution in [0.3, 0.4) is 0 Å². The van der Waals surface area contributed by atoms with E-state index >= 15 is 0 Å². The highest BCUT2D eigenvalue weighted by Crippen LogP contribution is 2.22. The minimum absolute atomic E-state index is 0.136. The minimum atomic E-state index is -3.53. The fourth-order valence-corrected chi connectivity index (χ4v) is 4.99. The largest absolute Gasteiger partial charge is 0.261 e. The standard InChI is InChI=1S/C12H9BrO2S.C6H5Br.C6H5ClO2S/c13-10-6-8-12(9-7-10)16(14,15)11-4-2-1-3-5-11;7-6-4-2-1-3-5-6;7-10(8,9)6-4-2-1-3-5-6/h1-9H;1-5H;1-5H. The zero-order valence-electron chi connectivity index (χ0n) is 17.1. The molecule has 0 radical (unpaired) electrons. The van der Waals surface area contributed by atoms with Gasteiger partial charge in [-0.1, -0.05) is 86.5 Å². The first-order valence-electron chi connectivity index (χ1n) is 9.36. The Labute approximate surface area is 215 Å². The van der Waals surface area contributed by atoms with Gasteiger partial charge in [-0.3, -0.25) is 0 Å². The zero-order valence-corrected chi connectivity index (χ0v) is 22.6. The second kappa shape index (κ2) is 13.1. The van der Waals surface area contributed by atoms with E-state index in [0.717, 1.165) is 8.95 Å². The summed E-state index contributed by atoms with van der Waals surface area (Å²) in [6, 6.07) is 32.9. The van der Waals surface area contributed by atoms with Gasteiger partial charge in [0.2, 0.25) is 9.84 Å². The molecule has 0 aliphatic rings. The molecule has 0 aliphatic heterocycles. The Morgan fingerprint density at radius 1 is 0.455 bits per heavy atom. The monoisotopic (exact) mass is 628 g/mol. The molecule has 0 atom stereocenters. The van der Waals surface area contributed by atoms with Crippen LogP contribution in [0.4, 0.5) is 0 Å². The molecule has 0 aromatic heterocycles. The first-order chi connectivity index (χ1) is 15.6. The Morgan fingerprint density at radius 2 is 0.788 bits per heavy atom. The highest BCUT2D eigenvalue weighted by molar-refractivity contribution is 9.10. The molecule has 4 aromatic rings. The molecule has 9 heteroatoms. The average molecular weight is 631 g/mol. The molecule has 0 bridgehead atoms. The molecule has 0 spiro atoms. The second-order valence-corrected chi connectivity index (χ2v) is 12.7. The van der Waals surface area contributed by atoms with Crippen molar-refractivity contribution in [2.45, 2.75) is 14.7 Å². The van der Waals surface area contributed by atoms with Crippen LogP contribution in [0.2, 0.25) is 0 Å². The summed E-state index contributed by atoms with van der Waals surface area (Å²) in [5.41, 5.74) is 0. The van der Waals surface area contributed by atoms with Gasteiger partial charge in [0.15, 0.2) is 0 Å². The van der Waals surface area contributed by atoms with Gasteiger partial charge >= 0.3 is 0 Å². The number of hydrogen-bond donors (Lipinski definition) is 0. The summed E-state index contributed by atoms with van der Waals surface area (Å²) in [6.07, 6.45) is 0. The van der Waals surface area contributed by atoms with Crippen molar-refractivity contribution in [3.05, 3.63) is 124 Å². The molecular weight excluding hydrogens is 612 g/mol. The molecule has 0 saturated heterocycles. The molecule has 0 fully saturated rings. The molecule has 0 saturated carbocycles. The molecule has 0 aliphatic carbocycles. The van der Waals surface area contributed by atoms with E-state index in [1.807, 2.05) is 30.3 Å². The van der Waals surface area contributed by atoms with E-state index in [9.17, 15) is 16.8 Å². The lowest BCUT2D eigenvalue weighted by molar-refractivity contribution is 0.596. The zero-order chi connectivity index (χ0) is 24.3. The first kappa shape index (κ1) is 27.3. The van der Waals surface area contributed by atoms with Crippen molar-refractivity contribution < 1.29 is 16.8 Å². The Hall–Kier alpha value is -1.97. The van der Waals surface area contributed by atoms with Crippen LogP contribution in [-0.2, 0) is 18.9 Å². The summed E-state index contributed by atoms with van der Waals surface area (Å²) in [7, 11) is -1.88. The molecule has 172 valence electrons. The molecule has 0 N–H and O–H groups in total. The third kappa shape index (κ3) is 9.43. The summed E-state index contributed by atoms with van der Waals surface area (Å²) in [5, 5.41) is 0. The number of halogens is 3. The Bertz CT molecular complexity index is 1330. The maximum absolute atomic E-state index is 12.1. The quantitative estimate of drug-likeness (QED) is 0.222. The Morgan fingerprint density at radius 3 is 1.12 bits per heavy atom. The number of rotatable bonds is 3. The fraction of sp³-hybridized carbons (Fsp3) is 0. The number of hydrogen-bond acceptors (Lipinski definition) is 4. The van der Waals surface area contributed by atoms with Gasteiger partial charge in [0.05, 0.1) is 14.7 Å². The fourth-order valence-electron chi connectivity index (χ4n) is 2.35. The van der Waals surface area contributed by atoms with Gasteiger partial charge in [-0.25, -0.2) is 16.8 Å². The van der Waals surface area contributed by atoms with E-state index in [0.29, 0.717) is 9.79 Å². The molecule has 0 unspecified atom stereocenters. The maximum atomic E-state index is 12.1. The third-order valence-electron chi connectivity index (χ3n) is 3.94. The summed E-state index contributed by atoms with van der Waals surface area (Å²) in [6.45, 7) is 0. The SMILES string of the molecule is Brc1ccccc1.O=S(=O)(Cl)c1ccccc1.O=S(=O)(c1ccccc1)c1ccc(Br)cc1. The predicted octanol–water partition coefficient (Wildman–Crippen LogP) is 7.35. The first-order valence-corrected chi connectivity index (χ1v) is 14.7. The van der Waals surface area contributed by atoms with Crippen molar-refractivity contribution in [1.82, 2.24) is 0 Å². The summed E-state index contributed by atoms with van der Waals surface area (Å²) < 4.78 is 47.5. The van der Waals surface area contributed by atoms with Crippen molar-refractivity contribution in [2.75, 3.05) is 0 Å². The predicted molar refractivity (Wildman–Crippen MR) is 140 cm³/mol. The second-order valence-electron chi connectivity index (χ2n) is 6.32. The van der Waals surface area contributed by atoms with Gasteiger partial charge in [0, 0.05) is 19.6 Å². The van der Waals surface area contributed by atoms with Gasteiger partial charge in [0.25, 0.3) is 9.05 Å². The molecule has 0 amide bonds. The van der Waals surface area contributed by atoms with Gasteiger partial charge in [-0.05, 0) is 60.7 Å². The lowest BCUT2D eigenvalue weighted by Gasteiger charge is -2.03. The van der Waals surface area contributed by atoms with Gasteiger partial charge in [-0.2, -0.15) is 0 Å². The highest BCUT2D eigenvalue weighted by atomic mass is 79.9. The van der Waals surface area contributed by atoms with E-state index in [1.54, 1.807) is 72.8 Å². The smallest absolute Gasteiger partial charge is 0.219 e.